The second kappa shape index (κ2) is 6.08. The second-order valence-corrected chi connectivity index (χ2v) is 4.35. The Balaban J connectivity index is 2.33. The van der Waals surface area contributed by atoms with Crippen LogP contribution in [0.3, 0.4) is 0 Å². The summed E-state index contributed by atoms with van der Waals surface area (Å²) in [5.41, 5.74) is -0.298. The van der Waals surface area contributed by atoms with Crippen LogP contribution >= 0.6 is 0 Å². The van der Waals surface area contributed by atoms with E-state index in [-0.39, 0.29) is 23.8 Å². The summed E-state index contributed by atoms with van der Waals surface area (Å²) in [4.78, 5) is 32.1. The smallest absolute Gasteiger partial charge is 0.413 e. The number of nitro benzene ring substituents is 1. The van der Waals surface area contributed by atoms with E-state index >= 15 is 0 Å². The molecule has 0 saturated heterocycles. The number of esters is 1. The van der Waals surface area contributed by atoms with Crippen LogP contribution in [0.1, 0.15) is 13.3 Å². The number of benzene rings is 1. The van der Waals surface area contributed by atoms with Gasteiger partial charge in [-0.1, -0.05) is 6.92 Å². The van der Waals surface area contributed by atoms with Crippen LogP contribution in [0.4, 0.5) is 17.1 Å². The summed E-state index contributed by atoms with van der Waals surface area (Å²) in [6, 6.07) is 3.85. The maximum absolute atomic E-state index is 11.7. The number of hydrogen-bond donors (Lipinski definition) is 2. The average molecular weight is 308 g/mol. The van der Waals surface area contributed by atoms with E-state index in [4.69, 9.17) is 4.74 Å². The Morgan fingerprint density at radius 3 is 2.50 bits per heavy atom. The summed E-state index contributed by atoms with van der Waals surface area (Å²) in [5.74, 6) is -1.26. The maximum Gasteiger partial charge on any atom is 0.413 e. The normalized spacial score (nSPS) is 14.4. The first-order valence-corrected chi connectivity index (χ1v) is 6.32. The van der Waals surface area contributed by atoms with Gasteiger partial charge in [0.25, 0.3) is 5.69 Å². The summed E-state index contributed by atoms with van der Waals surface area (Å²) < 4.78 is 4.76. The van der Waals surface area contributed by atoms with Crippen molar-refractivity contribution in [2.45, 2.75) is 13.3 Å². The fourth-order valence-electron chi connectivity index (χ4n) is 1.81. The van der Waals surface area contributed by atoms with Crippen LogP contribution in [-0.4, -0.2) is 22.4 Å². The van der Waals surface area contributed by atoms with E-state index in [0.29, 0.717) is 12.1 Å². The molecule has 0 fully saturated rings. The molecule has 0 amide bonds. The lowest BCUT2D eigenvalue weighted by atomic mass is 10.2. The quantitative estimate of drug-likeness (QED) is 0.364. The van der Waals surface area contributed by atoms with E-state index < -0.39 is 21.5 Å². The molecular formula is C12H12N4O6. The SMILES string of the molecule is CCCOC(=O)C(=C1Nc2ccc([N+](=O)[O-])cc2N1)[N+](=O)[O-]. The maximum atomic E-state index is 11.7. The van der Waals surface area contributed by atoms with Crippen molar-refractivity contribution in [2.24, 2.45) is 0 Å². The molecule has 2 N–H and O–H groups in total. The molecule has 1 aliphatic rings. The first kappa shape index (κ1) is 15.2. The van der Waals surface area contributed by atoms with E-state index in [0.717, 1.165) is 0 Å². The van der Waals surface area contributed by atoms with E-state index in [2.05, 4.69) is 10.6 Å². The number of hydrogen-bond acceptors (Lipinski definition) is 8. The predicted octanol–water partition coefficient (Wildman–Crippen LogP) is 1.83. The third kappa shape index (κ3) is 2.95. The standard InChI is InChI=1S/C12H12N4O6/c1-2-5-22-12(17)10(16(20)21)11-13-8-4-3-7(15(18)19)6-9(8)14-11/h3-4,6,13-14H,2,5H2,1H3. The third-order valence-corrected chi connectivity index (χ3v) is 2.78. The van der Waals surface area contributed by atoms with Crippen molar-refractivity contribution in [3.8, 4) is 0 Å². The van der Waals surface area contributed by atoms with Crippen molar-refractivity contribution in [1.29, 1.82) is 0 Å². The van der Waals surface area contributed by atoms with Crippen molar-refractivity contribution in [1.82, 2.24) is 0 Å². The Labute approximate surface area is 124 Å². The average Bonchev–Trinajstić information content (AvgIpc) is 2.86. The van der Waals surface area contributed by atoms with Gasteiger partial charge >= 0.3 is 11.7 Å². The third-order valence-electron chi connectivity index (χ3n) is 2.78. The number of carbonyl (C=O) groups excluding carboxylic acids is 1. The van der Waals surface area contributed by atoms with Gasteiger partial charge in [-0.2, -0.15) is 0 Å². The molecule has 1 aliphatic heterocycles. The Morgan fingerprint density at radius 1 is 1.23 bits per heavy atom. The minimum Gasteiger partial charge on any atom is -0.457 e. The number of rotatable bonds is 5. The molecule has 10 heteroatoms. The molecule has 0 spiro atoms. The molecule has 10 nitrogen and oxygen atoms in total. The highest BCUT2D eigenvalue weighted by molar-refractivity contribution is 5.91. The molecule has 22 heavy (non-hydrogen) atoms. The molecule has 0 atom stereocenters. The fourth-order valence-corrected chi connectivity index (χ4v) is 1.81. The first-order chi connectivity index (χ1) is 10.4. The van der Waals surface area contributed by atoms with Crippen LogP contribution in [0.15, 0.2) is 29.7 Å². The molecule has 0 saturated carbocycles. The van der Waals surface area contributed by atoms with Crippen molar-refractivity contribution in [3.05, 3.63) is 49.9 Å². The monoisotopic (exact) mass is 308 g/mol. The van der Waals surface area contributed by atoms with Gasteiger partial charge in [-0.3, -0.25) is 20.2 Å². The van der Waals surface area contributed by atoms with Gasteiger partial charge in [-0.15, -0.1) is 0 Å². The summed E-state index contributed by atoms with van der Waals surface area (Å²) in [6.07, 6.45) is 0.527. The first-order valence-electron chi connectivity index (χ1n) is 6.32. The van der Waals surface area contributed by atoms with Gasteiger partial charge in [-0.25, -0.2) is 4.79 Å². The number of non-ortho nitro benzene ring substituents is 1. The molecular weight excluding hydrogens is 296 g/mol. The molecule has 2 rings (SSSR count). The number of ether oxygens (including phenoxy) is 1. The molecule has 1 heterocycles. The van der Waals surface area contributed by atoms with Gasteiger partial charge in [0, 0.05) is 12.1 Å². The van der Waals surface area contributed by atoms with Crippen LogP contribution < -0.4 is 10.6 Å². The molecule has 1 aromatic rings. The van der Waals surface area contributed by atoms with E-state index in [9.17, 15) is 25.0 Å². The van der Waals surface area contributed by atoms with E-state index in [1.54, 1.807) is 6.92 Å². The van der Waals surface area contributed by atoms with E-state index in [1.807, 2.05) is 0 Å². The Hall–Kier alpha value is -3.17. The highest BCUT2D eigenvalue weighted by Crippen LogP contribution is 2.34. The van der Waals surface area contributed by atoms with Crippen LogP contribution in [0.2, 0.25) is 0 Å². The van der Waals surface area contributed by atoms with Crippen molar-refractivity contribution in [2.75, 3.05) is 17.2 Å². The molecule has 0 radical (unpaired) electrons. The summed E-state index contributed by atoms with van der Waals surface area (Å²) in [7, 11) is 0. The zero-order valence-corrected chi connectivity index (χ0v) is 11.5. The summed E-state index contributed by atoms with van der Waals surface area (Å²) >= 11 is 0. The van der Waals surface area contributed by atoms with Crippen LogP contribution in [0.25, 0.3) is 0 Å². The minimum atomic E-state index is -1.08. The zero-order chi connectivity index (χ0) is 16.3. The number of nitrogens with zero attached hydrogens (tertiary/aromatic N) is 2. The van der Waals surface area contributed by atoms with Gasteiger partial charge in [0.05, 0.1) is 27.8 Å². The topological polar surface area (TPSA) is 137 Å². The lowest BCUT2D eigenvalue weighted by Gasteiger charge is -2.04. The Bertz CT molecular complexity index is 684. The largest absolute Gasteiger partial charge is 0.457 e. The van der Waals surface area contributed by atoms with Crippen LogP contribution in [0, 0.1) is 20.2 Å². The summed E-state index contributed by atoms with van der Waals surface area (Å²) in [5, 5.41) is 27.0. The fraction of sp³-hybridized carbons (Fsp3) is 0.250. The number of nitrogens with one attached hydrogen (secondary N) is 2. The molecule has 0 bridgehead atoms. The van der Waals surface area contributed by atoms with Crippen molar-refractivity contribution < 1.29 is 19.4 Å². The van der Waals surface area contributed by atoms with Gasteiger partial charge in [0.2, 0.25) is 0 Å². The molecule has 0 unspecified atom stereocenters. The molecule has 0 aliphatic carbocycles. The lowest BCUT2D eigenvalue weighted by molar-refractivity contribution is -0.422. The van der Waals surface area contributed by atoms with Crippen LogP contribution in [-0.2, 0) is 9.53 Å². The second-order valence-electron chi connectivity index (χ2n) is 4.35. The number of fused-ring (bicyclic) bond motifs is 1. The van der Waals surface area contributed by atoms with Crippen molar-refractivity contribution >= 4 is 23.0 Å². The van der Waals surface area contributed by atoms with E-state index in [1.165, 1.54) is 18.2 Å². The lowest BCUT2D eigenvalue weighted by Crippen LogP contribution is -2.21. The Kier molecular flexibility index (Phi) is 4.20. The van der Waals surface area contributed by atoms with Gasteiger partial charge in [0.15, 0.2) is 5.82 Å². The number of anilines is 2. The Morgan fingerprint density at radius 2 is 1.91 bits per heavy atom. The summed E-state index contributed by atoms with van der Waals surface area (Å²) in [6.45, 7) is 1.81. The van der Waals surface area contributed by atoms with Crippen LogP contribution in [0.5, 0.6) is 0 Å². The molecule has 0 aromatic heterocycles. The number of nitro groups is 2. The molecule has 116 valence electrons. The highest BCUT2D eigenvalue weighted by atomic mass is 16.6. The number of carbonyl (C=O) groups is 1. The molecule has 1 aromatic carbocycles. The highest BCUT2D eigenvalue weighted by Gasteiger charge is 2.33. The van der Waals surface area contributed by atoms with Gasteiger partial charge < -0.3 is 15.4 Å². The zero-order valence-electron chi connectivity index (χ0n) is 11.5. The van der Waals surface area contributed by atoms with Gasteiger partial charge in [0.1, 0.15) is 0 Å². The van der Waals surface area contributed by atoms with Gasteiger partial charge in [-0.05, 0) is 12.5 Å². The minimum absolute atomic E-state index is 0.0574. The predicted molar refractivity (Wildman–Crippen MR) is 75.6 cm³/mol. The van der Waals surface area contributed by atoms with Crippen molar-refractivity contribution in [3.63, 3.8) is 0 Å².